The Balaban J connectivity index is 1.26. The monoisotopic (exact) mass is 948 g/mol. The molecule has 2 heterocycles. The van der Waals surface area contributed by atoms with Gasteiger partial charge in [-0.1, -0.05) is 72.5 Å². The van der Waals surface area contributed by atoms with Gasteiger partial charge in [0.05, 0.1) is 43.3 Å². The third-order valence-electron chi connectivity index (χ3n) is 12.5. The number of aliphatic carboxylic acids is 1. The number of benzene rings is 5. The quantitative estimate of drug-likeness (QED) is 0.0669. The van der Waals surface area contributed by atoms with Crippen LogP contribution in [-0.2, 0) is 48.6 Å². The average Bonchev–Trinajstić information content (AvgIpc) is 3.69. The second-order valence-corrected chi connectivity index (χ2v) is 21.6. The fourth-order valence-corrected chi connectivity index (χ4v) is 12.1. The number of carboxylic acids is 1. The van der Waals surface area contributed by atoms with Gasteiger partial charge in [0.2, 0.25) is 11.0 Å². The number of aryl methyl sites for hydroxylation is 1. The van der Waals surface area contributed by atoms with Gasteiger partial charge in [0.1, 0.15) is 17.2 Å². The van der Waals surface area contributed by atoms with Crippen LogP contribution in [0.5, 0.6) is 0 Å². The lowest BCUT2D eigenvalue weighted by atomic mass is 9.83. The molecule has 0 spiro atoms. The van der Waals surface area contributed by atoms with E-state index >= 15 is 0 Å². The number of pyridine rings is 1. The highest BCUT2D eigenvalue weighted by Crippen LogP contribution is 2.54. The topological polar surface area (TPSA) is 210 Å². The van der Waals surface area contributed by atoms with Crippen LogP contribution < -0.4 is 9.47 Å². The number of nitrogens with zero attached hydrogens (tertiary/aromatic N) is 2. The first-order valence-electron chi connectivity index (χ1n) is 20.4. The number of anilines is 2. The molecule has 5 aromatic carbocycles. The van der Waals surface area contributed by atoms with Crippen LogP contribution in [0.15, 0.2) is 157 Å². The van der Waals surface area contributed by atoms with Crippen LogP contribution in [0.2, 0.25) is 0 Å². The van der Waals surface area contributed by atoms with Crippen molar-refractivity contribution in [2.45, 2.75) is 45.3 Å². The summed E-state index contributed by atoms with van der Waals surface area (Å²) in [4.78, 5) is 13.9. The van der Waals surface area contributed by atoms with Crippen molar-refractivity contribution in [1.82, 2.24) is 0 Å². The predicted molar refractivity (Wildman–Crippen MR) is 247 cm³/mol. The van der Waals surface area contributed by atoms with Crippen molar-refractivity contribution in [3.63, 3.8) is 0 Å². The first-order valence-corrected chi connectivity index (χ1v) is 25.5. The van der Waals surface area contributed by atoms with Crippen molar-refractivity contribution in [2.75, 3.05) is 11.9 Å². The van der Waals surface area contributed by atoms with Gasteiger partial charge in [-0.2, -0.15) is 21.4 Å². The van der Waals surface area contributed by atoms with E-state index in [9.17, 15) is 48.8 Å². The fourth-order valence-electron chi connectivity index (χ4n) is 9.37. The molecule has 1 aliphatic heterocycles. The highest BCUT2D eigenvalue weighted by Gasteiger charge is 2.38. The van der Waals surface area contributed by atoms with Gasteiger partial charge in [-0.3, -0.25) is 13.9 Å². The van der Waals surface area contributed by atoms with E-state index in [4.69, 9.17) is 0 Å². The summed E-state index contributed by atoms with van der Waals surface area (Å²) >= 11 is 1.55. The molecule has 3 N–H and O–H groups in total. The number of hydrogen-bond donors (Lipinski definition) is 3. The minimum atomic E-state index is -4.73. The molecule has 0 amide bonds. The Kier molecular flexibility index (Phi) is 11.2. The molecular weight excluding hydrogens is 909 g/mol. The number of carbonyl (C=O) groups is 1. The SMILES string of the molecule is CN1c2cc(S(=O)(=O)O)ccc2C(=C/C=C2C(Sc3ccc(CC(=O)O)cc3)=C(/C=C/c3c4ccccc4[n+](C)c4cc(S(=O)(=O)[O-])ccc34)C3CCC/2C3)c2ccc(S(=O)(=O)O)cc21. The summed E-state index contributed by atoms with van der Waals surface area (Å²) in [7, 11) is -10.5. The zero-order valence-electron chi connectivity index (χ0n) is 34.7. The zero-order chi connectivity index (χ0) is 46.2. The van der Waals surface area contributed by atoms with Crippen LogP contribution in [0.4, 0.5) is 11.4 Å². The Labute approximate surface area is 380 Å². The van der Waals surface area contributed by atoms with Gasteiger partial charge in [-0.25, -0.2) is 8.42 Å². The van der Waals surface area contributed by atoms with Gasteiger partial charge in [-0.05, 0) is 108 Å². The Hall–Kier alpha value is -5.92. The van der Waals surface area contributed by atoms with Crippen molar-refractivity contribution >= 4 is 92.9 Å². The summed E-state index contributed by atoms with van der Waals surface area (Å²) < 4.78 is 107. The molecule has 0 radical (unpaired) electrons. The van der Waals surface area contributed by atoms with Gasteiger partial charge in [0, 0.05) is 45.7 Å². The molecule has 9 rings (SSSR count). The number of thioether (sulfide) groups is 1. The van der Waals surface area contributed by atoms with E-state index < -0.39 is 36.3 Å². The number of fused-ring (bicyclic) bond motifs is 6. The van der Waals surface area contributed by atoms with E-state index in [2.05, 4.69) is 6.08 Å². The van der Waals surface area contributed by atoms with Crippen LogP contribution in [0.1, 0.15) is 41.5 Å². The van der Waals surface area contributed by atoms with Crippen LogP contribution in [0.25, 0.3) is 33.5 Å². The Bertz CT molecular complexity index is 3420. The maximum atomic E-state index is 12.3. The molecule has 65 heavy (non-hydrogen) atoms. The minimum Gasteiger partial charge on any atom is -0.744 e. The Morgan fingerprint density at radius 3 is 1.97 bits per heavy atom. The van der Waals surface area contributed by atoms with Crippen molar-refractivity contribution in [2.24, 2.45) is 18.9 Å². The van der Waals surface area contributed by atoms with Crippen molar-refractivity contribution in [1.29, 1.82) is 0 Å². The lowest BCUT2D eigenvalue weighted by molar-refractivity contribution is -0.617. The van der Waals surface area contributed by atoms with Crippen LogP contribution in [0.3, 0.4) is 0 Å². The smallest absolute Gasteiger partial charge is 0.307 e. The number of para-hydroxylation sites is 1. The molecule has 1 saturated carbocycles. The largest absolute Gasteiger partial charge is 0.744 e. The van der Waals surface area contributed by atoms with Crippen LogP contribution >= 0.6 is 11.8 Å². The molecule has 0 saturated heterocycles. The summed E-state index contributed by atoms with van der Waals surface area (Å²) in [5.74, 6) is -0.628. The second kappa shape index (κ2) is 16.5. The third kappa shape index (κ3) is 8.44. The summed E-state index contributed by atoms with van der Waals surface area (Å²) in [6, 6.07) is 27.9. The van der Waals surface area contributed by atoms with Gasteiger partial charge in [0.25, 0.3) is 20.2 Å². The number of aromatic nitrogens is 1. The molecule has 1 fully saturated rings. The molecule has 17 heteroatoms. The lowest BCUT2D eigenvalue weighted by Crippen LogP contribution is -2.30. The number of rotatable bonds is 10. The summed E-state index contributed by atoms with van der Waals surface area (Å²) in [6.07, 6.45) is 10.6. The first-order chi connectivity index (χ1) is 30.8. The standard InChI is InChI=1S/C48H40N2O11S4/c1-49-43-6-4-3-5-39(43)37(40-16-13-32(25-44(40)49)63(53,54)55)21-19-35-29-9-10-30(24-29)36(48(35)62-31-11-7-28(8-12-31)23-47(51)52)20-22-38-41-17-14-33(64(56,57)58)26-45(41)50(2)46-27-34(65(59,60)61)15-18-42(38)46/h3-8,11-22,25-27,29-30H,9-10,23-24H2,1-2H3,(H3-,51,52,53,54,55,56,57,58,59,60,61). The summed E-state index contributed by atoms with van der Waals surface area (Å²) in [5.41, 5.74) is 7.57. The van der Waals surface area contributed by atoms with E-state index in [1.54, 1.807) is 54.0 Å². The third-order valence-corrected chi connectivity index (χ3v) is 16.2. The van der Waals surface area contributed by atoms with E-state index in [1.165, 1.54) is 36.4 Å². The zero-order valence-corrected chi connectivity index (χ0v) is 38.0. The molecule has 13 nitrogen and oxygen atoms in total. The van der Waals surface area contributed by atoms with Gasteiger partial charge in [0.15, 0.2) is 0 Å². The first kappa shape index (κ1) is 44.3. The van der Waals surface area contributed by atoms with Gasteiger partial charge in [-0.15, -0.1) is 0 Å². The van der Waals surface area contributed by atoms with Crippen molar-refractivity contribution in [3.8, 4) is 0 Å². The number of hydrogen-bond acceptors (Lipinski definition) is 10. The summed E-state index contributed by atoms with van der Waals surface area (Å²) in [6.45, 7) is 0. The molecule has 2 aliphatic carbocycles. The lowest BCUT2D eigenvalue weighted by Gasteiger charge is -2.32. The highest BCUT2D eigenvalue weighted by atomic mass is 32.2. The maximum absolute atomic E-state index is 12.3. The molecule has 6 aromatic rings. The Morgan fingerprint density at radius 1 is 0.754 bits per heavy atom. The molecule has 3 aliphatic rings. The molecule has 2 unspecified atom stereocenters. The molecule has 332 valence electrons. The Morgan fingerprint density at radius 2 is 1.35 bits per heavy atom. The van der Waals surface area contributed by atoms with Gasteiger partial charge < -0.3 is 14.6 Å². The number of allylic oxidation sites excluding steroid dienone is 5. The molecule has 1 aromatic heterocycles. The van der Waals surface area contributed by atoms with Crippen molar-refractivity contribution < 1.29 is 53.4 Å². The minimum absolute atomic E-state index is 0.126. The van der Waals surface area contributed by atoms with Crippen LogP contribution in [0, 0.1) is 11.8 Å². The predicted octanol–water partition coefficient (Wildman–Crippen LogP) is 8.47. The summed E-state index contributed by atoms with van der Waals surface area (Å²) in [5, 5.41) is 11.1. The van der Waals surface area contributed by atoms with E-state index in [1.807, 2.05) is 66.2 Å². The highest BCUT2D eigenvalue weighted by molar-refractivity contribution is 8.03. The fraction of sp³-hybridized carbons (Fsp3) is 0.167. The maximum Gasteiger partial charge on any atom is 0.307 e. The van der Waals surface area contributed by atoms with Gasteiger partial charge >= 0.3 is 5.97 Å². The molecule has 2 atom stereocenters. The van der Waals surface area contributed by atoms with E-state index in [0.717, 1.165) is 62.1 Å². The number of carboxylic acid groups (broad SMARTS) is 1. The molecular formula is C48H40N2O11S4. The van der Waals surface area contributed by atoms with E-state index in [0.29, 0.717) is 39.2 Å². The molecule has 2 bridgehead atoms. The normalized spacial score (nSPS) is 18.2. The van der Waals surface area contributed by atoms with E-state index in [-0.39, 0.29) is 32.9 Å². The van der Waals surface area contributed by atoms with Crippen LogP contribution in [-0.4, -0.2) is 57.0 Å². The van der Waals surface area contributed by atoms with Crippen molar-refractivity contribution in [3.05, 3.63) is 160 Å². The second-order valence-electron chi connectivity index (χ2n) is 16.3. The average molecular weight is 949 g/mol.